The molecule has 2 aromatic rings. The molecule has 0 amide bonds. The number of methoxy groups -OCH3 is 1. The Hall–Kier alpha value is -3.82. The second-order valence-electron chi connectivity index (χ2n) is 12.1. The number of esters is 2. The molecule has 13 heteroatoms. The second-order valence-corrected chi connectivity index (χ2v) is 12.1. The Morgan fingerprint density at radius 3 is 2.56 bits per heavy atom. The Kier molecular flexibility index (Phi) is 12.7. The van der Waals surface area contributed by atoms with Crippen LogP contribution in [0.2, 0.25) is 0 Å². The topological polar surface area (TPSA) is 204 Å². The average Bonchev–Trinajstić information content (AvgIpc) is 3.05. The highest BCUT2D eigenvalue weighted by molar-refractivity contribution is 5.94. The molecule has 8 atom stereocenters. The molecule has 8 unspecified atom stereocenters. The number of aromatic hydroxyl groups is 1. The zero-order valence-electron chi connectivity index (χ0n) is 27.2. The molecule has 262 valence electrons. The van der Waals surface area contributed by atoms with Gasteiger partial charge in [0.15, 0.2) is 23.7 Å². The van der Waals surface area contributed by atoms with Crippen molar-refractivity contribution in [3.63, 3.8) is 0 Å². The maximum atomic E-state index is 14.1. The summed E-state index contributed by atoms with van der Waals surface area (Å²) in [6.07, 6.45) is -1.60. The Morgan fingerprint density at radius 2 is 1.90 bits per heavy atom. The number of hydrogen-bond donors (Lipinski definition) is 7. The highest BCUT2D eigenvalue weighted by atomic mass is 16.7. The molecule has 48 heavy (non-hydrogen) atoms. The third-order valence-electron chi connectivity index (χ3n) is 8.36. The van der Waals surface area contributed by atoms with Crippen molar-refractivity contribution in [1.29, 1.82) is 0 Å². The van der Waals surface area contributed by atoms with Crippen molar-refractivity contribution in [2.24, 2.45) is 0 Å². The van der Waals surface area contributed by atoms with Crippen molar-refractivity contribution in [1.82, 2.24) is 5.32 Å². The number of rotatable bonds is 15. The highest BCUT2D eigenvalue weighted by Gasteiger charge is 2.59. The first-order valence-corrected chi connectivity index (χ1v) is 15.8. The van der Waals surface area contributed by atoms with Crippen molar-refractivity contribution < 1.29 is 59.2 Å². The Labute approximate surface area is 279 Å². The van der Waals surface area contributed by atoms with Gasteiger partial charge in [0, 0.05) is 32.3 Å². The predicted octanol–water partition coefficient (Wildman–Crippen LogP) is 1.08. The van der Waals surface area contributed by atoms with E-state index in [1.54, 1.807) is 13.0 Å². The lowest BCUT2D eigenvalue weighted by atomic mass is 9.84. The molecule has 1 saturated heterocycles. The fourth-order valence-electron chi connectivity index (χ4n) is 6.01. The van der Waals surface area contributed by atoms with Gasteiger partial charge in [-0.1, -0.05) is 36.4 Å². The third-order valence-corrected chi connectivity index (χ3v) is 8.36. The lowest BCUT2D eigenvalue weighted by molar-refractivity contribution is -0.333. The number of hydrogen-bond acceptors (Lipinski definition) is 13. The smallest absolute Gasteiger partial charge is 0.334 e. The van der Waals surface area contributed by atoms with Crippen molar-refractivity contribution in [2.45, 2.75) is 81.4 Å². The van der Waals surface area contributed by atoms with Crippen LogP contribution in [-0.2, 0) is 30.2 Å². The number of carbonyl (C=O) groups is 2. The van der Waals surface area contributed by atoms with Crippen LogP contribution in [-0.4, -0.2) is 112 Å². The van der Waals surface area contributed by atoms with Crippen LogP contribution in [0.25, 0.3) is 6.08 Å². The Bertz CT molecular complexity index is 1480. The first-order chi connectivity index (χ1) is 22.9. The van der Waals surface area contributed by atoms with E-state index in [1.165, 1.54) is 37.5 Å². The summed E-state index contributed by atoms with van der Waals surface area (Å²) in [5, 5.41) is 65.2. The van der Waals surface area contributed by atoms with Crippen LogP contribution in [0.1, 0.15) is 49.3 Å². The number of nitrogens with one attached hydrogen (secondary N) is 1. The van der Waals surface area contributed by atoms with Crippen molar-refractivity contribution >= 4 is 18.0 Å². The number of fused-ring (bicyclic) bond motifs is 2. The highest BCUT2D eigenvalue weighted by Crippen LogP contribution is 2.39. The zero-order valence-corrected chi connectivity index (χ0v) is 27.2. The number of phenolic OH excluding ortho intramolecular Hbond substituents is 1. The van der Waals surface area contributed by atoms with Crippen molar-refractivity contribution in [3.05, 3.63) is 76.9 Å². The number of benzene rings is 2. The summed E-state index contributed by atoms with van der Waals surface area (Å²) in [5.41, 5.74) is 2.23. The van der Waals surface area contributed by atoms with Gasteiger partial charge < -0.3 is 54.9 Å². The Morgan fingerprint density at radius 1 is 1.12 bits per heavy atom. The van der Waals surface area contributed by atoms with Gasteiger partial charge in [-0.2, -0.15) is 0 Å². The molecule has 2 aliphatic heterocycles. The second kappa shape index (κ2) is 16.5. The van der Waals surface area contributed by atoms with Gasteiger partial charge >= 0.3 is 11.9 Å². The third kappa shape index (κ3) is 8.99. The molecule has 2 aliphatic rings. The van der Waals surface area contributed by atoms with Gasteiger partial charge in [-0.15, -0.1) is 0 Å². The first-order valence-electron chi connectivity index (χ1n) is 15.8. The first kappa shape index (κ1) is 37.0. The normalized spacial score (nSPS) is 26.4. The van der Waals surface area contributed by atoms with Gasteiger partial charge in [-0.05, 0) is 73.1 Å². The summed E-state index contributed by atoms with van der Waals surface area (Å²) in [6, 6.07) is 11.2. The monoisotopic (exact) mass is 671 g/mol. The summed E-state index contributed by atoms with van der Waals surface area (Å²) >= 11 is 0. The lowest BCUT2D eigenvalue weighted by Gasteiger charge is -2.51. The molecular weight excluding hydrogens is 626 g/mol. The van der Waals surface area contributed by atoms with Crippen molar-refractivity contribution in [2.75, 3.05) is 26.9 Å². The molecule has 0 spiro atoms. The van der Waals surface area contributed by atoms with Crippen LogP contribution in [0.3, 0.4) is 0 Å². The predicted molar refractivity (Wildman–Crippen MR) is 173 cm³/mol. The number of aliphatic hydroxyl groups is 5. The molecule has 1 fully saturated rings. The van der Waals surface area contributed by atoms with Crippen molar-refractivity contribution in [3.8, 4) is 11.5 Å². The van der Waals surface area contributed by atoms with E-state index in [-0.39, 0.29) is 49.7 Å². The summed E-state index contributed by atoms with van der Waals surface area (Å²) < 4.78 is 22.4. The van der Waals surface area contributed by atoms with E-state index in [0.29, 0.717) is 12.0 Å². The van der Waals surface area contributed by atoms with E-state index >= 15 is 0 Å². The summed E-state index contributed by atoms with van der Waals surface area (Å²) in [4.78, 5) is 26.3. The number of carbonyl (C=O) groups excluding carboxylic acids is 2. The molecule has 0 aliphatic carbocycles. The average molecular weight is 672 g/mol. The summed E-state index contributed by atoms with van der Waals surface area (Å²) in [5.74, 6) is -4.37. The standard InChI is InChI=1S/C35H45NO12/c1-20(39)19-36-27-9-12-35(44)33(32(46-21(2)40)30(42)31(27)48-35)47-34(43)26(16-23-7-8-28(41)29(17-23)45-3)18-25(11-14-38)24-6-4-5-22(15-24)10-13-37/h4-9,12,15-17,20,25,27,30-33,36-39,41-42,44H,10-11,13-14,18-19H2,1-3H3. The van der Waals surface area contributed by atoms with E-state index in [1.807, 2.05) is 24.3 Å². The maximum Gasteiger partial charge on any atom is 0.334 e. The van der Waals surface area contributed by atoms with Crippen LogP contribution in [0, 0.1) is 0 Å². The Balaban J connectivity index is 1.73. The zero-order chi connectivity index (χ0) is 35.0. The van der Waals surface area contributed by atoms with Gasteiger partial charge in [0.05, 0.1) is 19.3 Å². The molecule has 0 aromatic heterocycles. The van der Waals surface area contributed by atoms with Gasteiger partial charge in [0.2, 0.25) is 5.79 Å². The van der Waals surface area contributed by atoms with Crippen LogP contribution < -0.4 is 10.1 Å². The molecule has 0 radical (unpaired) electrons. The SMILES string of the molecule is COc1cc(C=C(CC(CCO)c2cccc(CCO)c2)C(=O)OC2C(OC(C)=O)C(O)C3OC2(O)C=CC3NCC(C)O)ccc1O. The minimum atomic E-state index is -2.29. The summed E-state index contributed by atoms with van der Waals surface area (Å²) in [7, 11) is 1.38. The molecule has 7 N–H and O–H groups in total. The van der Waals surface area contributed by atoms with Gasteiger partial charge in [0.1, 0.15) is 12.2 Å². The molecule has 0 saturated carbocycles. The largest absolute Gasteiger partial charge is 0.504 e. The molecule has 13 nitrogen and oxygen atoms in total. The van der Waals surface area contributed by atoms with Gasteiger partial charge in [0.25, 0.3) is 0 Å². The van der Waals surface area contributed by atoms with Gasteiger partial charge in [-0.3, -0.25) is 4.79 Å². The maximum absolute atomic E-state index is 14.1. The molecular formula is C35H45NO12. The molecule has 4 rings (SSSR count). The molecule has 2 aromatic carbocycles. The summed E-state index contributed by atoms with van der Waals surface area (Å²) in [6.45, 7) is 2.58. The van der Waals surface area contributed by atoms with Crippen LogP contribution in [0.5, 0.6) is 11.5 Å². The van der Waals surface area contributed by atoms with Crippen LogP contribution in [0.15, 0.2) is 60.2 Å². The minimum Gasteiger partial charge on any atom is -0.504 e. The minimum absolute atomic E-state index is 0.0434. The van der Waals surface area contributed by atoms with E-state index < -0.39 is 60.2 Å². The number of aliphatic hydroxyl groups excluding tert-OH is 4. The van der Waals surface area contributed by atoms with E-state index in [4.69, 9.17) is 18.9 Å². The molecule has 2 bridgehead atoms. The van der Waals surface area contributed by atoms with E-state index in [9.17, 15) is 40.2 Å². The lowest BCUT2D eigenvalue weighted by Crippen LogP contribution is -2.71. The van der Waals surface area contributed by atoms with E-state index in [2.05, 4.69) is 5.32 Å². The van der Waals surface area contributed by atoms with Crippen LogP contribution >= 0.6 is 0 Å². The quantitative estimate of drug-likeness (QED) is 0.0806. The van der Waals surface area contributed by atoms with E-state index in [0.717, 1.165) is 18.1 Å². The molecule has 2 heterocycles. The van der Waals surface area contributed by atoms with Gasteiger partial charge in [-0.25, -0.2) is 4.79 Å². The fourth-order valence-corrected chi connectivity index (χ4v) is 6.01. The fraction of sp³-hybridized carbons (Fsp3) is 0.486. The van der Waals surface area contributed by atoms with Crippen LogP contribution in [0.4, 0.5) is 0 Å². The number of phenols is 1. The number of ether oxygens (including phenoxy) is 4.